The van der Waals surface area contributed by atoms with Crippen LogP contribution in [0.2, 0.25) is 0 Å². The smallest absolute Gasteiger partial charge is 0.0789 e. The van der Waals surface area contributed by atoms with Gasteiger partial charge in [0.15, 0.2) is 0 Å². The minimum Gasteiger partial charge on any atom is -1.00 e. The van der Waals surface area contributed by atoms with E-state index in [1.165, 1.54) is 126 Å². The summed E-state index contributed by atoms with van der Waals surface area (Å²) in [4.78, 5) is 0. The first-order valence-electron chi connectivity index (χ1n) is 13.5. The fourth-order valence-corrected chi connectivity index (χ4v) is 7.54. The third kappa shape index (κ3) is 8.00. The third-order valence-electron chi connectivity index (χ3n) is 9.52. The zero-order valence-corrected chi connectivity index (χ0v) is 24.1. The first kappa shape index (κ1) is 27.6. The summed E-state index contributed by atoms with van der Waals surface area (Å²) in [7, 11) is 0. The molecule has 2 saturated carbocycles. The van der Waals surface area contributed by atoms with E-state index in [4.69, 9.17) is 0 Å². The Balaban J connectivity index is 0.00000160. The van der Waals surface area contributed by atoms with Crippen molar-refractivity contribution >= 4 is 0 Å². The Morgan fingerprint density at radius 3 is 1.10 bits per heavy atom. The molecule has 4 aliphatic rings. The summed E-state index contributed by atoms with van der Waals surface area (Å²) in [6, 6.07) is 0. The van der Waals surface area contributed by atoms with E-state index >= 15 is 0 Å². The van der Waals surface area contributed by atoms with E-state index < -0.39 is 0 Å². The first-order chi connectivity index (χ1) is 13.8. The Hall–Kier alpha value is 1.38. The molecule has 0 spiro atoms. The van der Waals surface area contributed by atoms with Gasteiger partial charge < -0.3 is 56.9 Å². The monoisotopic (exact) mass is 644 g/mol. The highest BCUT2D eigenvalue weighted by Gasteiger charge is 2.35. The third-order valence-corrected chi connectivity index (χ3v) is 9.52. The SMILES string of the molecule is C1CCC(CC[N+]2(CCCC[N+]3(CCC4CCCC4)CCCC3)CCCC2)C1.[I-].[I-]. The number of hydrogen-bond acceptors (Lipinski definition) is 0. The minimum absolute atomic E-state index is 0. The van der Waals surface area contributed by atoms with Crippen LogP contribution >= 0.6 is 0 Å². The van der Waals surface area contributed by atoms with Gasteiger partial charge in [0.25, 0.3) is 0 Å². The maximum Gasteiger partial charge on any atom is 0.0789 e. The first-order valence-corrected chi connectivity index (χ1v) is 13.5. The molecule has 0 amide bonds. The van der Waals surface area contributed by atoms with Gasteiger partial charge in [-0.25, -0.2) is 0 Å². The summed E-state index contributed by atoms with van der Waals surface area (Å²) >= 11 is 0. The number of nitrogens with zero attached hydrogens (tertiary/aromatic N) is 2. The molecule has 30 heavy (non-hydrogen) atoms. The maximum atomic E-state index is 1.54. The molecule has 0 atom stereocenters. The van der Waals surface area contributed by atoms with Gasteiger partial charge in [-0.1, -0.05) is 51.4 Å². The molecule has 2 saturated heterocycles. The number of hydrogen-bond donors (Lipinski definition) is 0. The zero-order chi connectivity index (χ0) is 19.1. The highest BCUT2D eigenvalue weighted by Crippen LogP contribution is 2.32. The van der Waals surface area contributed by atoms with Crippen molar-refractivity contribution in [3.05, 3.63) is 0 Å². The van der Waals surface area contributed by atoms with Crippen molar-refractivity contribution in [3.63, 3.8) is 0 Å². The van der Waals surface area contributed by atoms with Gasteiger partial charge in [-0.2, -0.15) is 0 Å². The molecule has 0 aromatic carbocycles. The lowest BCUT2D eigenvalue weighted by Gasteiger charge is -2.37. The predicted octanol–water partition coefficient (Wildman–Crippen LogP) is 0.156. The predicted molar refractivity (Wildman–Crippen MR) is 120 cm³/mol. The van der Waals surface area contributed by atoms with Crippen molar-refractivity contribution < 1.29 is 56.9 Å². The Kier molecular flexibility index (Phi) is 12.8. The van der Waals surface area contributed by atoms with Gasteiger partial charge in [0.05, 0.1) is 52.4 Å². The molecule has 2 nitrogen and oxygen atoms in total. The van der Waals surface area contributed by atoms with Crippen LogP contribution in [0.3, 0.4) is 0 Å². The number of rotatable bonds is 11. The van der Waals surface area contributed by atoms with Crippen molar-refractivity contribution in [3.8, 4) is 0 Å². The summed E-state index contributed by atoms with van der Waals surface area (Å²) in [6.45, 7) is 12.1. The average Bonchev–Trinajstić information content (AvgIpc) is 3.51. The van der Waals surface area contributed by atoms with Crippen LogP contribution in [0.1, 0.15) is 103 Å². The van der Waals surface area contributed by atoms with E-state index in [1.807, 2.05) is 0 Å². The summed E-state index contributed by atoms with van der Waals surface area (Å²) < 4.78 is 3.02. The average molecular weight is 645 g/mol. The van der Waals surface area contributed by atoms with Crippen molar-refractivity contribution in [2.45, 2.75) is 103 Å². The molecule has 0 radical (unpaired) electrons. The molecule has 4 rings (SSSR count). The quantitative estimate of drug-likeness (QED) is 0.171. The van der Waals surface area contributed by atoms with Gasteiger partial charge in [0.2, 0.25) is 0 Å². The fraction of sp³-hybridized carbons (Fsp3) is 1.00. The molecule has 4 fully saturated rings. The summed E-state index contributed by atoms with van der Waals surface area (Å²) in [6.07, 6.45) is 24.4. The van der Waals surface area contributed by atoms with Crippen molar-refractivity contribution in [2.75, 3.05) is 52.4 Å². The van der Waals surface area contributed by atoms with E-state index in [2.05, 4.69) is 0 Å². The van der Waals surface area contributed by atoms with Crippen LogP contribution in [0.15, 0.2) is 0 Å². The van der Waals surface area contributed by atoms with Crippen LogP contribution in [-0.4, -0.2) is 61.3 Å². The van der Waals surface area contributed by atoms with Gasteiger partial charge >= 0.3 is 0 Å². The number of halogens is 2. The molecule has 2 aliphatic heterocycles. The molecule has 2 aliphatic carbocycles. The van der Waals surface area contributed by atoms with Crippen LogP contribution in [0.5, 0.6) is 0 Å². The van der Waals surface area contributed by atoms with Crippen LogP contribution in [-0.2, 0) is 0 Å². The molecule has 0 aromatic rings. The van der Waals surface area contributed by atoms with Crippen LogP contribution in [0, 0.1) is 11.8 Å². The number of quaternary nitrogens is 2. The highest BCUT2D eigenvalue weighted by molar-refractivity contribution is 4.69. The van der Waals surface area contributed by atoms with Crippen LogP contribution < -0.4 is 48.0 Å². The summed E-state index contributed by atoms with van der Waals surface area (Å²) in [5.74, 6) is 2.18. The van der Waals surface area contributed by atoms with Gasteiger partial charge in [-0.05, 0) is 24.7 Å². The van der Waals surface area contributed by atoms with E-state index in [-0.39, 0.29) is 48.0 Å². The molecule has 178 valence electrons. The Bertz CT molecular complexity index is 404. The molecular formula is C26H50I2N2. The van der Waals surface area contributed by atoms with Gasteiger partial charge in [-0.3, -0.25) is 0 Å². The second-order valence-electron chi connectivity index (χ2n) is 11.5. The lowest BCUT2D eigenvalue weighted by Crippen LogP contribution is -3.00. The molecular weight excluding hydrogens is 594 g/mol. The maximum absolute atomic E-state index is 1.54. The molecule has 0 N–H and O–H groups in total. The van der Waals surface area contributed by atoms with E-state index in [0.29, 0.717) is 0 Å². The van der Waals surface area contributed by atoms with Crippen molar-refractivity contribution in [1.82, 2.24) is 0 Å². The zero-order valence-electron chi connectivity index (χ0n) is 19.8. The van der Waals surface area contributed by atoms with Crippen LogP contribution in [0.4, 0.5) is 0 Å². The number of likely N-dealkylation sites (tertiary alicyclic amines) is 2. The molecule has 0 unspecified atom stereocenters. The van der Waals surface area contributed by atoms with E-state index in [1.54, 1.807) is 38.5 Å². The topological polar surface area (TPSA) is 0 Å². The minimum atomic E-state index is 0. The normalized spacial score (nSPS) is 26.0. The standard InChI is InChI=1S/C26H50N2.2HI/c1-2-12-25(11-1)15-23-27(17-5-6-18-27)21-9-10-22-28(19-7-8-20-28)24-16-26-13-3-4-14-26;;/h25-26H,1-24H2;2*1H/q+2;;/p-2. The summed E-state index contributed by atoms with van der Waals surface area (Å²) in [5.41, 5.74) is 0. The van der Waals surface area contributed by atoms with Crippen LogP contribution in [0.25, 0.3) is 0 Å². The van der Waals surface area contributed by atoms with Gasteiger partial charge in [0, 0.05) is 38.5 Å². The van der Waals surface area contributed by atoms with Gasteiger partial charge in [-0.15, -0.1) is 0 Å². The molecule has 0 aromatic heterocycles. The number of unbranched alkanes of at least 4 members (excludes halogenated alkanes) is 1. The molecule has 4 heteroatoms. The Labute approximate surface area is 222 Å². The van der Waals surface area contributed by atoms with Gasteiger partial charge in [0.1, 0.15) is 0 Å². The Morgan fingerprint density at radius 2 is 0.767 bits per heavy atom. The van der Waals surface area contributed by atoms with Crippen molar-refractivity contribution in [2.24, 2.45) is 11.8 Å². The molecule has 2 heterocycles. The largest absolute Gasteiger partial charge is 1.00 e. The Morgan fingerprint density at radius 1 is 0.433 bits per heavy atom. The lowest BCUT2D eigenvalue weighted by atomic mass is 10.0. The second kappa shape index (κ2) is 13.9. The fourth-order valence-electron chi connectivity index (χ4n) is 7.54. The lowest BCUT2D eigenvalue weighted by molar-refractivity contribution is -0.923. The molecule has 0 bridgehead atoms. The van der Waals surface area contributed by atoms with Crippen molar-refractivity contribution in [1.29, 1.82) is 0 Å². The highest BCUT2D eigenvalue weighted by atomic mass is 127. The van der Waals surface area contributed by atoms with E-state index in [0.717, 1.165) is 11.8 Å². The summed E-state index contributed by atoms with van der Waals surface area (Å²) in [5, 5.41) is 0. The van der Waals surface area contributed by atoms with E-state index in [9.17, 15) is 0 Å². The second-order valence-corrected chi connectivity index (χ2v) is 11.5.